The molecule has 1 aliphatic carbocycles. The van der Waals surface area contributed by atoms with E-state index in [9.17, 15) is 9.59 Å². The van der Waals surface area contributed by atoms with Crippen LogP contribution in [-0.2, 0) is 11.2 Å². The molecule has 0 spiro atoms. The highest BCUT2D eigenvalue weighted by Crippen LogP contribution is 2.33. The second-order valence-corrected chi connectivity index (χ2v) is 9.78. The van der Waals surface area contributed by atoms with Crippen LogP contribution in [0.1, 0.15) is 59.6 Å². The number of benzene rings is 1. The number of rotatable bonds is 9. The molecule has 1 unspecified atom stereocenters. The van der Waals surface area contributed by atoms with Crippen molar-refractivity contribution in [1.29, 1.82) is 0 Å². The van der Waals surface area contributed by atoms with E-state index < -0.39 is 0 Å². The number of amides is 2. The third-order valence-electron chi connectivity index (χ3n) is 5.52. The van der Waals surface area contributed by atoms with Gasteiger partial charge in [-0.1, -0.05) is 12.1 Å². The number of aromatic nitrogens is 1. The topological polar surface area (TPSA) is 89.6 Å². The molecule has 4 rings (SSSR count). The highest BCUT2D eigenvalue weighted by atomic mass is 32.1. The Hall–Kier alpha value is -2.91. The maximum atomic E-state index is 12.6. The molecule has 33 heavy (non-hydrogen) atoms. The molecule has 174 valence electrons. The average molecular weight is 486 g/mol. The molecule has 1 saturated carbocycles. The van der Waals surface area contributed by atoms with Crippen LogP contribution in [-0.4, -0.2) is 30.0 Å². The lowest BCUT2D eigenvalue weighted by Gasteiger charge is -2.19. The van der Waals surface area contributed by atoms with E-state index in [1.807, 2.05) is 36.6 Å². The van der Waals surface area contributed by atoms with Crippen molar-refractivity contribution < 1.29 is 19.1 Å². The van der Waals surface area contributed by atoms with E-state index in [0.717, 1.165) is 24.2 Å². The molecule has 0 bridgehead atoms. The SMILES string of the molecule is COc1cc(C(C)NC(=O)Cc2csc(NC(=O)c3cccs3)n2)ccc1OC1CCCC1. The standard InChI is InChI=1S/C24H27N3O4S2/c1-15(16-9-10-19(20(12-16)30-2)31-18-6-3-4-7-18)25-22(28)13-17-14-33-24(26-17)27-23(29)21-8-5-11-32-21/h5,8-12,14-15,18H,3-4,6-7,13H2,1-2H3,(H,25,28)(H,26,27,29). The minimum Gasteiger partial charge on any atom is -0.493 e. The summed E-state index contributed by atoms with van der Waals surface area (Å²) in [5, 5.41) is 9.88. The van der Waals surface area contributed by atoms with Crippen molar-refractivity contribution >= 4 is 39.6 Å². The molecule has 3 aromatic rings. The molecular formula is C24H27N3O4S2. The lowest BCUT2D eigenvalue weighted by atomic mass is 10.1. The fraction of sp³-hybridized carbons (Fsp3) is 0.375. The fourth-order valence-electron chi connectivity index (χ4n) is 3.79. The Balaban J connectivity index is 1.32. The van der Waals surface area contributed by atoms with Gasteiger partial charge in [0.2, 0.25) is 5.91 Å². The van der Waals surface area contributed by atoms with Crippen LogP contribution in [0, 0.1) is 0 Å². The van der Waals surface area contributed by atoms with Gasteiger partial charge in [0, 0.05) is 5.38 Å². The van der Waals surface area contributed by atoms with Crippen molar-refractivity contribution in [3.8, 4) is 11.5 Å². The Labute approximate surface area is 201 Å². The van der Waals surface area contributed by atoms with Crippen LogP contribution in [0.5, 0.6) is 11.5 Å². The quantitative estimate of drug-likeness (QED) is 0.434. The molecule has 1 fully saturated rings. The largest absolute Gasteiger partial charge is 0.493 e. The Morgan fingerprint density at radius 1 is 1.18 bits per heavy atom. The van der Waals surface area contributed by atoms with E-state index in [2.05, 4.69) is 15.6 Å². The normalized spacial score (nSPS) is 14.6. The third kappa shape index (κ3) is 6.11. The number of methoxy groups -OCH3 is 1. The summed E-state index contributed by atoms with van der Waals surface area (Å²) in [4.78, 5) is 29.7. The second kappa shape index (κ2) is 10.8. The molecule has 1 aromatic carbocycles. The van der Waals surface area contributed by atoms with E-state index in [1.165, 1.54) is 35.5 Å². The van der Waals surface area contributed by atoms with Crippen LogP contribution in [0.4, 0.5) is 5.13 Å². The molecule has 0 aliphatic heterocycles. The molecule has 0 radical (unpaired) electrons. The summed E-state index contributed by atoms with van der Waals surface area (Å²) in [6.45, 7) is 1.93. The number of nitrogens with one attached hydrogen (secondary N) is 2. The molecule has 7 nitrogen and oxygen atoms in total. The van der Waals surface area contributed by atoms with E-state index >= 15 is 0 Å². The lowest BCUT2D eigenvalue weighted by molar-refractivity contribution is -0.121. The van der Waals surface area contributed by atoms with Gasteiger partial charge in [-0.3, -0.25) is 14.9 Å². The number of nitrogens with zero attached hydrogens (tertiary/aromatic N) is 1. The lowest BCUT2D eigenvalue weighted by Crippen LogP contribution is -2.28. The first-order chi connectivity index (χ1) is 16.0. The number of thiophene rings is 1. The van der Waals surface area contributed by atoms with E-state index in [-0.39, 0.29) is 30.4 Å². The molecule has 2 heterocycles. The molecule has 1 aliphatic rings. The zero-order chi connectivity index (χ0) is 23.2. The van der Waals surface area contributed by atoms with Gasteiger partial charge in [0.15, 0.2) is 16.6 Å². The first-order valence-corrected chi connectivity index (χ1v) is 12.7. The number of anilines is 1. The van der Waals surface area contributed by atoms with Crippen molar-refractivity contribution in [2.45, 2.75) is 51.2 Å². The maximum Gasteiger partial charge on any atom is 0.267 e. The van der Waals surface area contributed by atoms with Crippen LogP contribution >= 0.6 is 22.7 Å². The van der Waals surface area contributed by atoms with Crippen LogP contribution < -0.4 is 20.1 Å². The zero-order valence-corrected chi connectivity index (χ0v) is 20.3. The van der Waals surface area contributed by atoms with E-state index in [4.69, 9.17) is 9.47 Å². The van der Waals surface area contributed by atoms with Gasteiger partial charge < -0.3 is 14.8 Å². The molecule has 2 amide bonds. The summed E-state index contributed by atoms with van der Waals surface area (Å²) >= 11 is 2.67. The van der Waals surface area contributed by atoms with Gasteiger partial charge in [-0.25, -0.2) is 4.98 Å². The van der Waals surface area contributed by atoms with Crippen molar-refractivity contribution in [1.82, 2.24) is 10.3 Å². The molecule has 0 saturated heterocycles. The van der Waals surface area contributed by atoms with E-state index in [0.29, 0.717) is 21.5 Å². The number of carbonyl (C=O) groups excluding carboxylic acids is 2. The Morgan fingerprint density at radius 3 is 2.73 bits per heavy atom. The molecular weight excluding hydrogens is 458 g/mol. The predicted molar refractivity (Wildman–Crippen MR) is 131 cm³/mol. The van der Waals surface area contributed by atoms with Gasteiger partial charge in [0.05, 0.1) is 36.2 Å². The number of ether oxygens (including phenoxy) is 2. The summed E-state index contributed by atoms with van der Waals surface area (Å²) in [5.74, 6) is 1.07. The first kappa shape index (κ1) is 23.3. The minimum absolute atomic E-state index is 0.135. The highest BCUT2D eigenvalue weighted by molar-refractivity contribution is 7.14. The fourth-order valence-corrected chi connectivity index (χ4v) is 5.11. The van der Waals surface area contributed by atoms with Crippen LogP contribution in [0.3, 0.4) is 0 Å². The zero-order valence-electron chi connectivity index (χ0n) is 18.6. The van der Waals surface area contributed by atoms with Crippen molar-refractivity contribution in [3.05, 3.63) is 57.2 Å². The van der Waals surface area contributed by atoms with Gasteiger partial charge in [-0.2, -0.15) is 0 Å². The van der Waals surface area contributed by atoms with Crippen LogP contribution in [0.15, 0.2) is 41.1 Å². The Kier molecular flexibility index (Phi) is 7.61. The van der Waals surface area contributed by atoms with Gasteiger partial charge in [-0.05, 0) is 61.7 Å². The summed E-state index contributed by atoms with van der Waals surface area (Å²) < 4.78 is 11.6. The summed E-state index contributed by atoms with van der Waals surface area (Å²) in [5.41, 5.74) is 1.55. The number of carbonyl (C=O) groups is 2. The molecule has 2 N–H and O–H groups in total. The monoisotopic (exact) mass is 485 g/mol. The van der Waals surface area contributed by atoms with Gasteiger partial charge in [0.1, 0.15) is 0 Å². The molecule has 9 heteroatoms. The average Bonchev–Trinajstić information content (AvgIpc) is 3.57. The highest BCUT2D eigenvalue weighted by Gasteiger charge is 2.20. The van der Waals surface area contributed by atoms with Crippen molar-refractivity contribution in [3.63, 3.8) is 0 Å². The number of hydrogen-bond donors (Lipinski definition) is 2. The number of thiazole rings is 1. The maximum absolute atomic E-state index is 12.6. The first-order valence-electron chi connectivity index (χ1n) is 10.9. The predicted octanol–water partition coefficient (Wildman–Crippen LogP) is 5.21. The molecule has 1 atom stereocenters. The van der Waals surface area contributed by atoms with Crippen molar-refractivity contribution in [2.75, 3.05) is 12.4 Å². The summed E-state index contributed by atoms with van der Waals surface area (Å²) in [6, 6.07) is 9.16. The summed E-state index contributed by atoms with van der Waals surface area (Å²) in [7, 11) is 1.63. The molecule has 2 aromatic heterocycles. The second-order valence-electron chi connectivity index (χ2n) is 7.98. The summed E-state index contributed by atoms with van der Waals surface area (Å²) in [6.07, 6.45) is 4.95. The Morgan fingerprint density at radius 2 is 2.00 bits per heavy atom. The number of hydrogen-bond acceptors (Lipinski definition) is 7. The third-order valence-corrected chi connectivity index (χ3v) is 7.20. The van der Waals surface area contributed by atoms with Gasteiger partial charge >= 0.3 is 0 Å². The minimum atomic E-state index is -0.205. The van der Waals surface area contributed by atoms with Crippen LogP contribution in [0.2, 0.25) is 0 Å². The smallest absolute Gasteiger partial charge is 0.267 e. The Bertz CT molecular complexity index is 1090. The van der Waals surface area contributed by atoms with Gasteiger partial charge in [-0.15, -0.1) is 22.7 Å². The van der Waals surface area contributed by atoms with Crippen molar-refractivity contribution in [2.24, 2.45) is 0 Å². The van der Waals surface area contributed by atoms with E-state index in [1.54, 1.807) is 18.6 Å². The van der Waals surface area contributed by atoms with Crippen LogP contribution in [0.25, 0.3) is 0 Å². The van der Waals surface area contributed by atoms with Gasteiger partial charge in [0.25, 0.3) is 5.91 Å².